The molecule has 0 spiro atoms. The fourth-order valence-corrected chi connectivity index (χ4v) is 2.47. The molecule has 0 amide bonds. The van der Waals surface area contributed by atoms with Crippen molar-refractivity contribution in [3.05, 3.63) is 40.9 Å². The zero-order chi connectivity index (χ0) is 10.1. The lowest BCUT2D eigenvalue weighted by molar-refractivity contribution is 1.54. The van der Waals surface area contributed by atoms with Gasteiger partial charge >= 0.3 is 0 Å². The molecule has 15 heavy (non-hydrogen) atoms. The number of nitrogens with two attached hydrogens (primary N) is 1. The summed E-state index contributed by atoms with van der Waals surface area (Å²) in [5, 5.41) is 1.61. The molecule has 4 heteroatoms. The Morgan fingerprint density at radius 3 is 2.27 bits per heavy atom. The average Bonchev–Trinajstić information content (AvgIpc) is 2.47. The van der Waals surface area contributed by atoms with Gasteiger partial charge in [-0.05, 0) is 36.2 Å². The Morgan fingerprint density at radius 1 is 1.20 bits per heavy atom. The minimum Gasteiger partial charge on any atom is -0.391 e. The largest absolute Gasteiger partial charge is 0.391 e. The maximum atomic E-state index is 5.82. The van der Waals surface area contributed by atoms with Gasteiger partial charge in [-0.1, -0.05) is 23.7 Å². The van der Waals surface area contributed by atoms with E-state index in [0.29, 0.717) is 0 Å². The zero-order valence-electron chi connectivity index (χ0n) is 8.16. The van der Waals surface area contributed by atoms with E-state index in [-0.39, 0.29) is 12.4 Å². The van der Waals surface area contributed by atoms with Crippen LogP contribution >= 0.6 is 35.3 Å². The van der Waals surface area contributed by atoms with Crippen LogP contribution < -0.4 is 5.73 Å². The van der Waals surface area contributed by atoms with Crippen LogP contribution in [0.15, 0.2) is 30.3 Å². The highest BCUT2D eigenvalue weighted by atomic mass is 35.5. The number of rotatable bonds is 1. The second-order valence-corrected chi connectivity index (χ2v) is 4.69. The first-order chi connectivity index (χ1) is 6.66. The van der Waals surface area contributed by atoms with Crippen molar-refractivity contribution < 1.29 is 0 Å². The van der Waals surface area contributed by atoms with Crippen LogP contribution in [0.25, 0.3) is 10.4 Å². The summed E-state index contributed by atoms with van der Waals surface area (Å²) in [7, 11) is 0. The van der Waals surface area contributed by atoms with Gasteiger partial charge in [0.1, 0.15) is 0 Å². The fourth-order valence-electron chi connectivity index (χ4n) is 1.39. The summed E-state index contributed by atoms with van der Waals surface area (Å²) in [6.45, 7) is 2.07. The summed E-state index contributed by atoms with van der Waals surface area (Å²) in [5.41, 5.74) is 8.13. The number of anilines is 1. The third-order valence-corrected chi connectivity index (χ3v) is 3.41. The molecule has 80 valence electrons. The van der Waals surface area contributed by atoms with E-state index < -0.39 is 0 Å². The van der Waals surface area contributed by atoms with Gasteiger partial charge in [0.05, 0.1) is 5.00 Å². The summed E-state index contributed by atoms with van der Waals surface area (Å²) < 4.78 is 0. The van der Waals surface area contributed by atoms with Crippen molar-refractivity contribution in [2.45, 2.75) is 6.92 Å². The fraction of sp³-hybridized carbons (Fsp3) is 0.0909. The Morgan fingerprint density at radius 2 is 1.80 bits per heavy atom. The molecule has 0 aliphatic heterocycles. The predicted molar refractivity (Wildman–Crippen MR) is 71.2 cm³/mol. The second kappa shape index (κ2) is 4.88. The number of nitrogen functional groups attached to an aromatic ring is 1. The summed E-state index contributed by atoms with van der Waals surface area (Å²) in [6, 6.07) is 9.81. The minimum absolute atomic E-state index is 0. The molecular formula is C11H11Cl2NS. The zero-order valence-corrected chi connectivity index (χ0v) is 10.5. The number of halogens is 2. The highest BCUT2D eigenvalue weighted by Gasteiger charge is 2.05. The SMILES string of the molecule is Cc1cc(N)sc1-c1ccc(Cl)cc1.Cl. The van der Waals surface area contributed by atoms with Crippen LogP contribution in [-0.4, -0.2) is 0 Å². The average molecular weight is 260 g/mol. The van der Waals surface area contributed by atoms with Crippen molar-refractivity contribution in [3.63, 3.8) is 0 Å². The van der Waals surface area contributed by atoms with E-state index in [9.17, 15) is 0 Å². The Bertz CT molecular complexity index is 448. The minimum atomic E-state index is 0. The van der Waals surface area contributed by atoms with Crippen LogP contribution in [0.4, 0.5) is 5.00 Å². The van der Waals surface area contributed by atoms with E-state index >= 15 is 0 Å². The summed E-state index contributed by atoms with van der Waals surface area (Å²) >= 11 is 7.43. The molecule has 2 aromatic rings. The van der Waals surface area contributed by atoms with Gasteiger partial charge in [-0.3, -0.25) is 0 Å². The predicted octanol–water partition coefficient (Wildman–Crippen LogP) is 4.38. The van der Waals surface area contributed by atoms with Crippen LogP contribution in [0.5, 0.6) is 0 Å². The summed E-state index contributed by atoms with van der Waals surface area (Å²) in [5.74, 6) is 0. The van der Waals surface area contributed by atoms with Crippen molar-refractivity contribution in [2.75, 3.05) is 5.73 Å². The molecule has 0 atom stereocenters. The van der Waals surface area contributed by atoms with Crippen LogP contribution in [0.1, 0.15) is 5.56 Å². The molecule has 1 aromatic carbocycles. The van der Waals surface area contributed by atoms with E-state index in [2.05, 4.69) is 6.92 Å². The Labute approximate surface area is 104 Å². The lowest BCUT2D eigenvalue weighted by Crippen LogP contribution is -1.74. The lowest BCUT2D eigenvalue weighted by Gasteiger charge is -1.99. The number of benzene rings is 1. The molecule has 1 aromatic heterocycles. The molecule has 0 aliphatic rings. The second-order valence-electron chi connectivity index (χ2n) is 3.17. The van der Waals surface area contributed by atoms with E-state index in [1.165, 1.54) is 16.0 Å². The maximum absolute atomic E-state index is 5.82. The molecule has 2 N–H and O–H groups in total. The molecule has 0 unspecified atom stereocenters. The molecule has 0 saturated carbocycles. The molecule has 1 heterocycles. The normalized spacial score (nSPS) is 9.73. The Hall–Kier alpha value is -0.700. The quantitative estimate of drug-likeness (QED) is 0.808. The van der Waals surface area contributed by atoms with Crippen LogP contribution in [-0.2, 0) is 0 Å². The van der Waals surface area contributed by atoms with Crippen molar-refractivity contribution in [2.24, 2.45) is 0 Å². The van der Waals surface area contributed by atoms with Gasteiger partial charge in [-0.25, -0.2) is 0 Å². The Balaban J connectivity index is 0.00000112. The van der Waals surface area contributed by atoms with Crippen LogP contribution in [0.2, 0.25) is 5.02 Å². The third-order valence-electron chi connectivity index (χ3n) is 2.04. The standard InChI is InChI=1S/C11H10ClNS.ClH/c1-7-6-10(13)14-11(7)8-2-4-9(12)5-3-8;/h2-6H,13H2,1H3;1H. The van der Waals surface area contributed by atoms with Gasteiger partial charge in [0, 0.05) is 9.90 Å². The van der Waals surface area contributed by atoms with Crippen LogP contribution in [0.3, 0.4) is 0 Å². The van der Waals surface area contributed by atoms with E-state index in [0.717, 1.165) is 10.0 Å². The molecule has 0 radical (unpaired) electrons. The molecule has 2 rings (SSSR count). The highest BCUT2D eigenvalue weighted by Crippen LogP contribution is 2.34. The molecule has 1 nitrogen and oxygen atoms in total. The number of hydrogen-bond acceptors (Lipinski definition) is 2. The van der Waals surface area contributed by atoms with Crippen molar-refractivity contribution in [1.29, 1.82) is 0 Å². The third kappa shape index (κ3) is 2.65. The Kier molecular flexibility index (Phi) is 4.03. The van der Waals surface area contributed by atoms with Crippen LogP contribution in [0, 0.1) is 6.92 Å². The highest BCUT2D eigenvalue weighted by molar-refractivity contribution is 7.19. The molecule has 0 fully saturated rings. The van der Waals surface area contributed by atoms with Crippen molar-refractivity contribution >= 4 is 40.3 Å². The topological polar surface area (TPSA) is 26.0 Å². The first-order valence-electron chi connectivity index (χ1n) is 4.28. The molecule has 0 bridgehead atoms. The van der Waals surface area contributed by atoms with E-state index in [1.807, 2.05) is 30.3 Å². The van der Waals surface area contributed by atoms with E-state index in [1.54, 1.807) is 11.3 Å². The first-order valence-corrected chi connectivity index (χ1v) is 5.48. The lowest BCUT2D eigenvalue weighted by atomic mass is 10.1. The monoisotopic (exact) mass is 259 g/mol. The summed E-state index contributed by atoms with van der Waals surface area (Å²) in [6.07, 6.45) is 0. The van der Waals surface area contributed by atoms with Gasteiger partial charge in [0.2, 0.25) is 0 Å². The number of aryl methyl sites for hydroxylation is 1. The van der Waals surface area contributed by atoms with Gasteiger partial charge in [0.15, 0.2) is 0 Å². The van der Waals surface area contributed by atoms with Gasteiger partial charge in [-0.2, -0.15) is 0 Å². The van der Waals surface area contributed by atoms with E-state index in [4.69, 9.17) is 17.3 Å². The van der Waals surface area contributed by atoms with Gasteiger partial charge in [-0.15, -0.1) is 23.7 Å². The molecular weight excluding hydrogens is 249 g/mol. The summed E-state index contributed by atoms with van der Waals surface area (Å²) in [4.78, 5) is 1.22. The maximum Gasteiger partial charge on any atom is 0.0865 e. The molecule has 0 aliphatic carbocycles. The van der Waals surface area contributed by atoms with Crippen molar-refractivity contribution in [3.8, 4) is 10.4 Å². The molecule has 0 saturated heterocycles. The van der Waals surface area contributed by atoms with Gasteiger partial charge < -0.3 is 5.73 Å². The number of hydrogen-bond donors (Lipinski definition) is 1. The van der Waals surface area contributed by atoms with Gasteiger partial charge in [0.25, 0.3) is 0 Å². The number of thiophene rings is 1. The smallest absolute Gasteiger partial charge is 0.0865 e. The first kappa shape index (κ1) is 12.4. The van der Waals surface area contributed by atoms with Crippen molar-refractivity contribution in [1.82, 2.24) is 0 Å².